The van der Waals surface area contributed by atoms with E-state index in [1.165, 1.54) is 0 Å². The number of ether oxygens (including phenoxy) is 2. The van der Waals surface area contributed by atoms with Crippen LogP contribution < -0.4 is 9.47 Å². The molecule has 0 unspecified atom stereocenters. The molecule has 0 saturated heterocycles. The van der Waals surface area contributed by atoms with Crippen molar-refractivity contribution >= 4 is 11.7 Å². The quantitative estimate of drug-likeness (QED) is 0.0912. The van der Waals surface area contributed by atoms with Crippen LogP contribution in [0.2, 0.25) is 0 Å². The predicted octanol–water partition coefficient (Wildman–Crippen LogP) is 9.12. The molecule has 0 radical (unpaired) electrons. The van der Waals surface area contributed by atoms with E-state index in [1.54, 1.807) is 23.2 Å². The van der Waals surface area contributed by atoms with Crippen LogP contribution in [0, 0.1) is 42.8 Å². The average Bonchev–Trinajstić information content (AvgIpc) is 3.81. The summed E-state index contributed by atoms with van der Waals surface area (Å²) < 4.78 is 17.6. The van der Waals surface area contributed by atoms with Gasteiger partial charge < -0.3 is 25.4 Å². The molecule has 0 spiro atoms. The van der Waals surface area contributed by atoms with Crippen LogP contribution in [-0.4, -0.2) is 31.8 Å². The van der Waals surface area contributed by atoms with E-state index >= 15 is 0 Å². The number of hydrogen-bond acceptors (Lipinski definition) is 3. The van der Waals surface area contributed by atoms with Crippen LogP contribution in [0.25, 0.3) is 22.4 Å². The standard InChI is InChI=1S/C37H28N3O2.C6H4N.2Pt/c1-37(2,3)30-23-31(40-19-18-39(4)26-40)25-35(24-30)42-34-15-9-11-29(21-34)36-22-28(16-17-38-36)27-10-8-14-33(20-27)41-32-12-6-5-7-13-32;1-2-7-5-3-4-6-7;;/h5-12,14-15,17-19,22-24H,1-4H3;3-6H;;/q-3;-1;+2;+4. The fourth-order valence-corrected chi connectivity index (χ4v) is 4.78. The topological polar surface area (TPSA) is 42.3 Å². The van der Waals surface area contributed by atoms with Gasteiger partial charge >= 0.3 is 48.1 Å². The van der Waals surface area contributed by atoms with Crippen molar-refractivity contribution in [1.29, 1.82) is 0 Å². The van der Waals surface area contributed by atoms with Gasteiger partial charge in [0.15, 0.2) is 7.05 Å². The van der Waals surface area contributed by atoms with E-state index in [0.717, 1.165) is 33.6 Å². The molecular formula is C43H32N4O2Pt2+2. The summed E-state index contributed by atoms with van der Waals surface area (Å²) in [5.41, 5.74) is 5.13. The number of aromatic nitrogens is 2. The zero-order chi connectivity index (χ0) is 34.2. The van der Waals surface area contributed by atoms with Crippen LogP contribution in [0.4, 0.5) is 5.69 Å². The number of pyridine rings is 1. The van der Waals surface area contributed by atoms with Gasteiger partial charge in [-0.2, -0.15) is 30.3 Å². The molecule has 3 heterocycles. The van der Waals surface area contributed by atoms with E-state index < -0.39 is 0 Å². The predicted molar refractivity (Wildman–Crippen MR) is 188 cm³/mol. The third kappa shape index (κ3) is 10.5. The Labute approximate surface area is 329 Å². The van der Waals surface area contributed by atoms with Crippen molar-refractivity contribution in [3.05, 3.63) is 164 Å². The first-order chi connectivity index (χ1) is 23.7. The van der Waals surface area contributed by atoms with E-state index in [4.69, 9.17) is 15.9 Å². The van der Waals surface area contributed by atoms with Crippen LogP contribution in [0.15, 0.2) is 122 Å². The van der Waals surface area contributed by atoms with Crippen molar-refractivity contribution in [2.24, 2.45) is 0 Å². The van der Waals surface area contributed by atoms with Crippen LogP contribution in [0.5, 0.6) is 23.0 Å². The maximum atomic E-state index is 6.57. The number of rotatable bonds is 7. The summed E-state index contributed by atoms with van der Waals surface area (Å²) in [7, 11) is 1.94. The molecule has 4 aromatic carbocycles. The third-order valence-electron chi connectivity index (χ3n) is 7.32. The second-order valence-corrected chi connectivity index (χ2v) is 12.1. The Bertz CT molecular complexity index is 2230. The molecule has 6 aromatic rings. The summed E-state index contributed by atoms with van der Waals surface area (Å²) in [6.07, 6.45) is 15.6. The van der Waals surface area contributed by atoms with Crippen molar-refractivity contribution in [3.8, 4) is 51.4 Å². The van der Waals surface area contributed by atoms with Gasteiger partial charge in [-0.25, -0.2) is 24.2 Å². The second kappa shape index (κ2) is 17.8. The summed E-state index contributed by atoms with van der Waals surface area (Å²) in [5, 5.41) is 0. The Hall–Kier alpha value is -5.03. The van der Waals surface area contributed by atoms with E-state index in [9.17, 15) is 0 Å². The Morgan fingerprint density at radius 1 is 0.765 bits per heavy atom. The maximum Gasteiger partial charge on any atom is 4.00 e. The SMILES string of the molecule is C[N+]1=C=[N+](c2[c-]c(Oc3[c-]c(-c4cc(-c5[c-]c(Oc6[c-]cccc6)ccc5)[c-]cn4)ccc3)cc(C(C)(C)C)c2)C=C1.[C-]#Cn1cccc1.[Pt+2].[Pt+4]. The molecule has 0 fully saturated rings. The molecule has 0 saturated carbocycles. The van der Waals surface area contributed by atoms with Crippen molar-refractivity contribution in [2.45, 2.75) is 26.2 Å². The van der Waals surface area contributed by atoms with Crippen molar-refractivity contribution in [1.82, 2.24) is 9.55 Å². The zero-order valence-corrected chi connectivity index (χ0v) is 32.8. The first kappa shape index (κ1) is 38.8. The third-order valence-corrected chi connectivity index (χ3v) is 7.32. The largest absolute Gasteiger partial charge is 4.00 e. The minimum atomic E-state index is -0.0809. The molecule has 0 aliphatic carbocycles. The second-order valence-electron chi connectivity index (χ2n) is 12.1. The van der Waals surface area contributed by atoms with Gasteiger partial charge in [0.1, 0.15) is 5.69 Å². The fourth-order valence-electron chi connectivity index (χ4n) is 4.78. The summed E-state index contributed by atoms with van der Waals surface area (Å²) >= 11 is 0. The molecule has 1 aliphatic heterocycles. The van der Waals surface area contributed by atoms with Gasteiger partial charge in [0.25, 0.3) is 6.20 Å². The van der Waals surface area contributed by atoms with E-state index in [2.05, 4.69) is 74.2 Å². The monoisotopic (exact) mass is 1030 g/mol. The van der Waals surface area contributed by atoms with Gasteiger partial charge in [-0.05, 0) is 17.5 Å². The molecular weight excluding hydrogens is 995 g/mol. The maximum absolute atomic E-state index is 6.57. The molecule has 1 aliphatic rings. The fraction of sp³-hybridized carbons (Fsp3) is 0.116. The summed E-state index contributed by atoms with van der Waals surface area (Å²) in [4.78, 5) is 4.57. The van der Waals surface area contributed by atoms with Gasteiger partial charge in [0.2, 0.25) is 6.20 Å². The normalized spacial score (nSPS) is 11.4. The molecule has 2 aromatic heterocycles. The van der Waals surface area contributed by atoms with Crippen LogP contribution in [0.1, 0.15) is 26.3 Å². The van der Waals surface area contributed by atoms with Crippen molar-refractivity contribution in [3.63, 3.8) is 0 Å². The number of para-hydroxylation sites is 1. The molecule has 7 rings (SSSR count). The Morgan fingerprint density at radius 2 is 1.45 bits per heavy atom. The number of benzene rings is 4. The molecule has 0 atom stereocenters. The van der Waals surface area contributed by atoms with Gasteiger partial charge in [-0.1, -0.05) is 60.0 Å². The first-order valence-electron chi connectivity index (χ1n) is 15.6. The number of hydrogen-bond donors (Lipinski definition) is 0. The average molecular weight is 1030 g/mol. The van der Waals surface area contributed by atoms with E-state index in [-0.39, 0.29) is 47.5 Å². The van der Waals surface area contributed by atoms with E-state index in [0.29, 0.717) is 23.0 Å². The van der Waals surface area contributed by atoms with Gasteiger partial charge in [0.05, 0.1) is 0 Å². The Morgan fingerprint density at radius 3 is 2.08 bits per heavy atom. The van der Waals surface area contributed by atoms with Crippen LogP contribution >= 0.6 is 0 Å². The van der Waals surface area contributed by atoms with Gasteiger partial charge in [-0.15, -0.1) is 53.6 Å². The van der Waals surface area contributed by atoms with Gasteiger partial charge in [-0.3, -0.25) is 11.1 Å². The Kier molecular flexibility index (Phi) is 13.5. The van der Waals surface area contributed by atoms with Crippen molar-refractivity contribution in [2.75, 3.05) is 7.05 Å². The number of nitrogens with zero attached hydrogens (tertiary/aromatic N) is 4. The van der Waals surface area contributed by atoms with Crippen LogP contribution in [-0.2, 0) is 47.5 Å². The van der Waals surface area contributed by atoms with E-state index in [1.807, 2.05) is 114 Å². The summed E-state index contributed by atoms with van der Waals surface area (Å²) in [6.45, 7) is 6.53. The molecule has 0 N–H and O–H groups in total. The smallest absolute Gasteiger partial charge is 0.669 e. The van der Waals surface area contributed by atoms with Crippen LogP contribution in [0.3, 0.4) is 0 Å². The molecule has 6 nitrogen and oxygen atoms in total. The summed E-state index contributed by atoms with van der Waals surface area (Å²) in [6, 6.07) is 50.6. The summed E-state index contributed by atoms with van der Waals surface area (Å²) in [5.74, 6) is 2.41. The molecule has 8 heteroatoms. The minimum absolute atomic E-state index is 0. The van der Waals surface area contributed by atoms with Gasteiger partial charge in [0, 0.05) is 35.4 Å². The molecule has 0 amide bonds. The molecule has 254 valence electrons. The van der Waals surface area contributed by atoms with Crippen molar-refractivity contribution < 1.29 is 60.8 Å². The molecule has 0 bridgehead atoms. The molecule has 51 heavy (non-hydrogen) atoms. The minimum Gasteiger partial charge on any atom is -0.669 e. The Balaban J connectivity index is 0.000000581. The first-order valence-corrected chi connectivity index (χ1v) is 15.6. The zero-order valence-electron chi connectivity index (χ0n) is 28.3.